The Bertz CT molecular complexity index is 1320. The number of nitrogens with zero attached hydrogens (tertiary/aromatic N) is 3. The van der Waals surface area contributed by atoms with E-state index in [1.807, 2.05) is 13.8 Å². The van der Waals surface area contributed by atoms with Crippen LogP contribution in [0.1, 0.15) is 68.1 Å². The summed E-state index contributed by atoms with van der Waals surface area (Å²) in [6.07, 6.45) is -0.0171. The van der Waals surface area contributed by atoms with Crippen LogP contribution in [0.5, 0.6) is 0 Å². The zero-order valence-electron chi connectivity index (χ0n) is 23.6. The number of sulfonamides is 1. The van der Waals surface area contributed by atoms with E-state index in [0.717, 1.165) is 16.7 Å². The number of piperidine rings is 1. The summed E-state index contributed by atoms with van der Waals surface area (Å²) in [4.78, 5) is 30.5. The molecular formula is C28H38F3N5O4S. The fourth-order valence-electron chi connectivity index (χ4n) is 6.05. The Morgan fingerprint density at radius 1 is 1.17 bits per heavy atom. The van der Waals surface area contributed by atoms with Crippen LogP contribution in [0.4, 0.5) is 23.7 Å². The maximum absolute atomic E-state index is 13.2. The molecule has 9 nitrogen and oxygen atoms in total. The molecule has 3 aliphatic rings. The molecule has 1 aliphatic carbocycles. The Morgan fingerprint density at radius 3 is 2.29 bits per heavy atom. The Balaban J connectivity index is 1.37. The molecule has 0 radical (unpaired) electrons. The number of benzene rings is 1. The normalized spacial score (nSPS) is 23.6. The zero-order valence-corrected chi connectivity index (χ0v) is 24.4. The molecule has 0 aromatic heterocycles. The highest BCUT2D eigenvalue weighted by Crippen LogP contribution is 2.38. The second-order valence-corrected chi connectivity index (χ2v) is 13.3. The molecule has 1 spiro atoms. The number of alkyl halides is 3. The summed E-state index contributed by atoms with van der Waals surface area (Å²) in [5, 5.41) is 4.07. The van der Waals surface area contributed by atoms with E-state index in [9.17, 15) is 31.2 Å². The van der Waals surface area contributed by atoms with E-state index in [1.165, 1.54) is 14.6 Å². The second kappa shape index (κ2) is 11.7. The van der Waals surface area contributed by atoms with Gasteiger partial charge in [-0.15, -0.1) is 0 Å². The molecule has 1 saturated carbocycles. The van der Waals surface area contributed by atoms with Gasteiger partial charge in [0.15, 0.2) is 0 Å². The summed E-state index contributed by atoms with van der Waals surface area (Å²) in [6.45, 7) is 3.93. The van der Waals surface area contributed by atoms with Gasteiger partial charge in [0.2, 0.25) is 10.0 Å². The number of halogens is 3. The highest BCUT2D eigenvalue weighted by Gasteiger charge is 2.48. The number of hydrogen-bond acceptors (Lipinski definition) is 5. The van der Waals surface area contributed by atoms with Gasteiger partial charge in [-0.25, -0.2) is 13.2 Å². The molecule has 3 amide bonds. The summed E-state index contributed by atoms with van der Waals surface area (Å²) in [5.41, 5.74) is 7.25. The number of aliphatic imine (C=N–C) groups is 1. The minimum absolute atomic E-state index is 0.00536. The van der Waals surface area contributed by atoms with Gasteiger partial charge in [-0.05, 0) is 99.6 Å². The van der Waals surface area contributed by atoms with Crippen LogP contribution in [0.25, 0.3) is 6.08 Å². The van der Waals surface area contributed by atoms with Crippen LogP contribution >= 0.6 is 0 Å². The van der Waals surface area contributed by atoms with Crippen molar-refractivity contribution in [2.75, 3.05) is 25.0 Å². The predicted octanol–water partition coefficient (Wildman–Crippen LogP) is 4.63. The molecule has 2 fully saturated rings. The average molecular weight is 598 g/mol. The van der Waals surface area contributed by atoms with Gasteiger partial charge in [-0.3, -0.25) is 14.7 Å². The van der Waals surface area contributed by atoms with E-state index >= 15 is 0 Å². The van der Waals surface area contributed by atoms with Crippen molar-refractivity contribution in [1.82, 2.24) is 9.62 Å². The molecule has 4 rings (SSSR count). The smallest absolute Gasteiger partial charge is 0.351 e. The molecule has 1 saturated heterocycles. The van der Waals surface area contributed by atoms with E-state index < -0.39 is 34.2 Å². The number of urea groups is 1. The first-order chi connectivity index (χ1) is 19.1. The lowest BCUT2D eigenvalue weighted by Gasteiger charge is -2.34. The minimum Gasteiger partial charge on any atom is -0.351 e. The van der Waals surface area contributed by atoms with Gasteiger partial charge >= 0.3 is 12.2 Å². The van der Waals surface area contributed by atoms with Crippen molar-refractivity contribution in [3.63, 3.8) is 0 Å². The maximum Gasteiger partial charge on any atom is 0.389 e. The van der Waals surface area contributed by atoms with Crippen LogP contribution in [-0.2, 0) is 14.8 Å². The zero-order chi connectivity index (χ0) is 30.2. The van der Waals surface area contributed by atoms with Crippen molar-refractivity contribution in [2.24, 2.45) is 22.6 Å². The number of carbonyl (C=O) groups is 2. The summed E-state index contributed by atoms with van der Waals surface area (Å²) in [6, 6.07) is 2.92. The number of amides is 3. The molecule has 0 unspecified atom stereocenters. The van der Waals surface area contributed by atoms with Crippen LogP contribution in [0.3, 0.4) is 0 Å². The van der Waals surface area contributed by atoms with E-state index in [4.69, 9.17) is 10.7 Å². The van der Waals surface area contributed by atoms with Crippen LogP contribution in [0, 0.1) is 25.7 Å². The topological polar surface area (TPSA) is 125 Å². The molecule has 1 aromatic carbocycles. The number of amidine groups is 1. The maximum atomic E-state index is 13.2. The molecular weight excluding hydrogens is 559 g/mol. The number of aryl methyl sites for hydroxylation is 2. The molecule has 226 valence electrons. The molecule has 1 aromatic rings. The van der Waals surface area contributed by atoms with Crippen molar-refractivity contribution in [3.8, 4) is 0 Å². The Labute approximate surface area is 239 Å². The van der Waals surface area contributed by atoms with Gasteiger partial charge < -0.3 is 11.1 Å². The summed E-state index contributed by atoms with van der Waals surface area (Å²) in [5.74, 6) is 0.400. The van der Waals surface area contributed by atoms with E-state index in [1.54, 1.807) is 25.3 Å². The van der Waals surface area contributed by atoms with Gasteiger partial charge in [0.05, 0.1) is 0 Å². The van der Waals surface area contributed by atoms with Crippen molar-refractivity contribution >= 4 is 39.6 Å². The molecule has 13 heteroatoms. The van der Waals surface area contributed by atoms with E-state index in [-0.39, 0.29) is 50.1 Å². The number of anilines is 1. The fourth-order valence-corrected chi connectivity index (χ4v) is 7.22. The summed E-state index contributed by atoms with van der Waals surface area (Å²) >= 11 is 0. The molecule has 2 heterocycles. The third-order valence-corrected chi connectivity index (χ3v) is 10.2. The van der Waals surface area contributed by atoms with Crippen LogP contribution < -0.4 is 16.0 Å². The molecule has 41 heavy (non-hydrogen) atoms. The van der Waals surface area contributed by atoms with Crippen LogP contribution in [0.2, 0.25) is 0 Å². The van der Waals surface area contributed by atoms with E-state index in [2.05, 4.69) is 5.32 Å². The number of carbonyl (C=O) groups excluding carboxylic acids is 2. The first-order valence-corrected chi connectivity index (χ1v) is 15.4. The molecule has 2 aliphatic heterocycles. The van der Waals surface area contributed by atoms with Crippen molar-refractivity contribution < 1.29 is 31.2 Å². The lowest BCUT2D eigenvalue weighted by molar-refractivity contribution is -0.138. The van der Waals surface area contributed by atoms with Gasteiger partial charge in [-0.1, -0.05) is 0 Å². The summed E-state index contributed by atoms with van der Waals surface area (Å²) < 4.78 is 65.3. The van der Waals surface area contributed by atoms with Crippen molar-refractivity contribution in [1.29, 1.82) is 0 Å². The van der Waals surface area contributed by atoms with Crippen molar-refractivity contribution in [2.45, 2.75) is 76.9 Å². The van der Waals surface area contributed by atoms with Gasteiger partial charge in [-0.2, -0.15) is 17.5 Å². The standard InChI is InChI=1S/C28H38F3N5O4S/c1-18-16-22(35(3)26(32)38)17-19(2)23(18)9-15-41(39,40)36-13-11-27(12-14-36)25(37)33-24(34-27)21-6-4-20(5-7-21)8-10-28(29,30)31/h9,15-17,20-21H,4-8,10-14H2,1-3H3,(H2,32,38)(H,33,34,37)/b15-9+. The largest absolute Gasteiger partial charge is 0.389 e. The Kier molecular flexibility index (Phi) is 8.89. The minimum atomic E-state index is -4.14. The van der Waals surface area contributed by atoms with Gasteiger partial charge in [0, 0.05) is 43.6 Å². The Hall–Kier alpha value is -2.93. The highest BCUT2D eigenvalue weighted by atomic mass is 32.2. The third kappa shape index (κ3) is 7.11. The van der Waals surface area contributed by atoms with Crippen LogP contribution in [0.15, 0.2) is 22.5 Å². The first kappa shape index (κ1) is 31.0. The monoisotopic (exact) mass is 597 g/mol. The van der Waals surface area contributed by atoms with Gasteiger partial charge in [0.1, 0.15) is 11.4 Å². The predicted molar refractivity (Wildman–Crippen MR) is 152 cm³/mol. The number of hydrogen-bond donors (Lipinski definition) is 2. The lowest BCUT2D eigenvalue weighted by atomic mass is 9.79. The fraction of sp³-hybridized carbons (Fsp3) is 0.607. The number of rotatable bonds is 7. The number of nitrogens with one attached hydrogen (secondary N) is 1. The first-order valence-electron chi connectivity index (χ1n) is 13.9. The quantitative estimate of drug-likeness (QED) is 0.475. The molecule has 3 N–H and O–H groups in total. The van der Waals surface area contributed by atoms with Crippen LogP contribution in [-0.4, -0.2) is 62.3 Å². The molecule has 0 bridgehead atoms. The summed E-state index contributed by atoms with van der Waals surface area (Å²) in [7, 11) is -2.21. The Morgan fingerprint density at radius 2 is 1.76 bits per heavy atom. The van der Waals surface area contributed by atoms with Gasteiger partial charge in [0.25, 0.3) is 5.91 Å². The lowest BCUT2D eigenvalue weighted by Crippen LogP contribution is -2.50. The van der Waals surface area contributed by atoms with Crippen molar-refractivity contribution in [3.05, 3.63) is 34.2 Å². The third-order valence-electron chi connectivity index (χ3n) is 8.68. The second-order valence-electron chi connectivity index (χ2n) is 11.5. The van der Waals surface area contributed by atoms with E-state index in [0.29, 0.717) is 37.2 Å². The highest BCUT2D eigenvalue weighted by molar-refractivity contribution is 7.92. The average Bonchev–Trinajstić information content (AvgIpc) is 3.21. The SMILES string of the molecule is Cc1cc(N(C)C(N)=O)cc(C)c1/C=C/S(=O)(=O)N1CCC2(CC1)N=C(C1CCC(CCC(F)(F)F)CC1)NC2=O. The number of primary amides is 1. The molecule has 0 atom stereocenters. The number of nitrogens with two attached hydrogens (primary N) is 1.